The van der Waals surface area contributed by atoms with Gasteiger partial charge in [0.05, 0.1) is 0 Å². The molecule has 1 aromatic carbocycles. The Balaban J connectivity index is 2.66. The maximum absolute atomic E-state index is 3.63. The van der Waals surface area contributed by atoms with Gasteiger partial charge in [-0.15, -0.1) is 0 Å². The van der Waals surface area contributed by atoms with Gasteiger partial charge in [0, 0.05) is 6.54 Å². The molecular formula is C18H31N. The highest BCUT2D eigenvalue weighted by atomic mass is 14.9. The number of aryl methyl sites for hydroxylation is 1. The maximum atomic E-state index is 3.63. The zero-order chi connectivity index (χ0) is 14.3. The van der Waals surface area contributed by atoms with Crippen molar-refractivity contribution in [2.75, 3.05) is 13.1 Å². The molecule has 1 aromatic rings. The predicted molar refractivity (Wildman–Crippen MR) is 85.7 cm³/mol. The van der Waals surface area contributed by atoms with E-state index in [1.165, 1.54) is 24.0 Å². The number of nitrogens with one attached hydrogen (secondary N) is 1. The summed E-state index contributed by atoms with van der Waals surface area (Å²) in [5, 5.41) is 3.63. The van der Waals surface area contributed by atoms with Crippen molar-refractivity contribution in [3.63, 3.8) is 0 Å². The van der Waals surface area contributed by atoms with E-state index in [1.807, 2.05) is 0 Å². The van der Waals surface area contributed by atoms with Gasteiger partial charge in [-0.1, -0.05) is 58.4 Å². The van der Waals surface area contributed by atoms with E-state index < -0.39 is 0 Å². The minimum Gasteiger partial charge on any atom is -0.316 e. The Labute approximate surface area is 119 Å². The van der Waals surface area contributed by atoms with Crippen molar-refractivity contribution in [3.05, 3.63) is 35.4 Å². The number of rotatable bonds is 8. The molecule has 0 aliphatic heterocycles. The van der Waals surface area contributed by atoms with Crippen molar-refractivity contribution < 1.29 is 0 Å². The molecule has 0 aliphatic rings. The molecule has 1 nitrogen and oxygen atoms in total. The van der Waals surface area contributed by atoms with Crippen molar-refractivity contribution in [1.82, 2.24) is 5.32 Å². The molecule has 0 aliphatic carbocycles. The molecule has 108 valence electrons. The lowest BCUT2D eigenvalue weighted by atomic mass is 9.88. The van der Waals surface area contributed by atoms with Crippen LogP contribution in [0.3, 0.4) is 0 Å². The van der Waals surface area contributed by atoms with Gasteiger partial charge in [0.1, 0.15) is 0 Å². The molecule has 1 unspecified atom stereocenters. The van der Waals surface area contributed by atoms with Crippen LogP contribution in [0.2, 0.25) is 0 Å². The molecule has 0 aromatic heterocycles. The van der Waals surface area contributed by atoms with Crippen molar-refractivity contribution in [1.29, 1.82) is 0 Å². The van der Waals surface area contributed by atoms with Crippen LogP contribution in [0.1, 0.15) is 57.6 Å². The van der Waals surface area contributed by atoms with Crippen molar-refractivity contribution in [3.8, 4) is 0 Å². The summed E-state index contributed by atoms with van der Waals surface area (Å²) in [4.78, 5) is 0. The SMILES string of the molecule is Cc1ccccc1C(CCC(C)C)CNCC(C)C. The van der Waals surface area contributed by atoms with Crippen LogP contribution in [0.4, 0.5) is 0 Å². The molecule has 0 fully saturated rings. The van der Waals surface area contributed by atoms with E-state index in [4.69, 9.17) is 0 Å². The molecule has 19 heavy (non-hydrogen) atoms. The van der Waals surface area contributed by atoms with Crippen LogP contribution in [0.15, 0.2) is 24.3 Å². The number of hydrogen-bond donors (Lipinski definition) is 1. The fourth-order valence-corrected chi connectivity index (χ4v) is 2.49. The Morgan fingerprint density at radius 1 is 0.895 bits per heavy atom. The zero-order valence-corrected chi connectivity index (χ0v) is 13.4. The first-order valence-electron chi connectivity index (χ1n) is 7.77. The number of benzene rings is 1. The summed E-state index contributed by atoms with van der Waals surface area (Å²) in [6, 6.07) is 8.85. The minimum absolute atomic E-state index is 0.655. The van der Waals surface area contributed by atoms with E-state index in [2.05, 4.69) is 64.2 Å². The quantitative estimate of drug-likeness (QED) is 0.711. The molecule has 0 spiro atoms. The third-order valence-corrected chi connectivity index (χ3v) is 3.66. The highest BCUT2D eigenvalue weighted by Gasteiger charge is 2.14. The largest absolute Gasteiger partial charge is 0.316 e. The fourth-order valence-electron chi connectivity index (χ4n) is 2.49. The first-order valence-corrected chi connectivity index (χ1v) is 7.77. The minimum atomic E-state index is 0.655. The molecule has 1 rings (SSSR count). The monoisotopic (exact) mass is 261 g/mol. The van der Waals surface area contributed by atoms with Crippen LogP contribution in [0, 0.1) is 18.8 Å². The second-order valence-corrected chi connectivity index (χ2v) is 6.58. The van der Waals surface area contributed by atoms with Crippen molar-refractivity contribution in [2.24, 2.45) is 11.8 Å². The third kappa shape index (κ3) is 6.24. The highest BCUT2D eigenvalue weighted by Crippen LogP contribution is 2.25. The van der Waals surface area contributed by atoms with Gasteiger partial charge < -0.3 is 5.32 Å². The van der Waals surface area contributed by atoms with Gasteiger partial charge in [0.15, 0.2) is 0 Å². The summed E-state index contributed by atoms with van der Waals surface area (Å²) in [6.45, 7) is 13.6. The molecule has 0 saturated heterocycles. The average molecular weight is 261 g/mol. The fraction of sp³-hybridized carbons (Fsp3) is 0.667. The van der Waals surface area contributed by atoms with E-state index in [0.29, 0.717) is 5.92 Å². The van der Waals surface area contributed by atoms with Gasteiger partial charge in [-0.2, -0.15) is 0 Å². The van der Waals surface area contributed by atoms with Crippen LogP contribution in [0.5, 0.6) is 0 Å². The van der Waals surface area contributed by atoms with Gasteiger partial charge in [-0.05, 0) is 48.8 Å². The normalized spacial score (nSPS) is 13.2. The molecule has 0 bridgehead atoms. The molecule has 0 amide bonds. The van der Waals surface area contributed by atoms with E-state index >= 15 is 0 Å². The summed E-state index contributed by atoms with van der Waals surface area (Å²) in [5.41, 5.74) is 2.96. The standard InChI is InChI=1S/C18H31N/c1-14(2)10-11-17(13-19-12-15(3)4)18-9-7-6-8-16(18)5/h6-9,14-15,17,19H,10-13H2,1-5H3. The molecular weight excluding hydrogens is 230 g/mol. The van der Waals surface area contributed by atoms with Gasteiger partial charge in [-0.25, -0.2) is 0 Å². The van der Waals surface area contributed by atoms with Crippen molar-refractivity contribution in [2.45, 2.75) is 53.4 Å². The number of hydrogen-bond acceptors (Lipinski definition) is 1. The van der Waals surface area contributed by atoms with Crippen LogP contribution in [0.25, 0.3) is 0 Å². The second-order valence-electron chi connectivity index (χ2n) is 6.58. The lowest BCUT2D eigenvalue weighted by Crippen LogP contribution is -2.26. The maximum Gasteiger partial charge on any atom is 0.00203 e. The Hall–Kier alpha value is -0.820. The van der Waals surface area contributed by atoms with Crippen LogP contribution in [-0.2, 0) is 0 Å². The van der Waals surface area contributed by atoms with E-state index in [0.717, 1.165) is 24.9 Å². The first kappa shape index (κ1) is 16.2. The van der Waals surface area contributed by atoms with Crippen LogP contribution in [-0.4, -0.2) is 13.1 Å². The van der Waals surface area contributed by atoms with Crippen molar-refractivity contribution >= 4 is 0 Å². The summed E-state index contributed by atoms with van der Waals surface area (Å²) in [5.74, 6) is 2.17. The van der Waals surface area contributed by atoms with Gasteiger partial charge in [0.2, 0.25) is 0 Å². The Morgan fingerprint density at radius 2 is 1.58 bits per heavy atom. The zero-order valence-electron chi connectivity index (χ0n) is 13.4. The topological polar surface area (TPSA) is 12.0 Å². The molecule has 1 N–H and O–H groups in total. The van der Waals surface area contributed by atoms with Crippen LogP contribution < -0.4 is 5.32 Å². The molecule has 1 heteroatoms. The average Bonchev–Trinajstić information content (AvgIpc) is 2.34. The van der Waals surface area contributed by atoms with Gasteiger partial charge in [0.25, 0.3) is 0 Å². The summed E-state index contributed by atoms with van der Waals surface area (Å²) < 4.78 is 0. The van der Waals surface area contributed by atoms with E-state index in [-0.39, 0.29) is 0 Å². The van der Waals surface area contributed by atoms with E-state index in [1.54, 1.807) is 0 Å². The predicted octanol–water partition coefficient (Wildman–Crippen LogP) is 4.76. The molecule has 0 heterocycles. The molecule has 0 radical (unpaired) electrons. The third-order valence-electron chi connectivity index (χ3n) is 3.66. The molecule has 0 saturated carbocycles. The van der Waals surface area contributed by atoms with Gasteiger partial charge in [-0.3, -0.25) is 0 Å². The summed E-state index contributed by atoms with van der Waals surface area (Å²) >= 11 is 0. The lowest BCUT2D eigenvalue weighted by molar-refractivity contribution is 0.458. The summed E-state index contributed by atoms with van der Waals surface area (Å²) in [7, 11) is 0. The highest BCUT2D eigenvalue weighted by molar-refractivity contribution is 5.29. The Morgan fingerprint density at radius 3 is 2.16 bits per heavy atom. The van der Waals surface area contributed by atoms with Crippen LogP contribution >= 0.6 is 0 Å². The van der Waals surface area contributed by atoms with E-state index in [9.17, 15) is 0 Å². The Kier molecular flexibility index (Phi) is 7.15. The lowest BCUT2D eigenvalue weighted by Gasteiger charge is -2.21. The Bertz CT molecular complexity index is 354. The second kappa shape index (κ2) is 8.37. The van der Waals surface area contributed by atoms with Gasteiger partial charge >= 0.3 is 0 Å². The first-order chi connectivity index (χ1) is 9.00. The summed E-state index contributed by atoms with van der Waals surface area (Å²) in [6.07, 6.45) is 2.59. The molecule has 1 atom stereocenters. The smallest absolute Gasteiger partial charge is 0.00203 e.